The first-order chi connectivity index (χ1) is 6.63. The van der Waals surface area contributed by atoms with Crippen LogP contribution in [0.2, 0.25) is 0 Å². The van der Waals surface area contributed by atoms with Crippen LogP contribution in [0.25, 0.3) is 0 Å². The molecular weight excluding hydrogens is 186 g/mol. The minimum absolute atomic E-state index is 0.0384. The van der Waals surface area contributed by atoms with Crippen LogP contribution in [0.5, 0.6) is 0 Å². The SMILES string of the molecule is CC(CN)Nc1ncc([N+](=O)[O-])cn1. The van der Waals surface area contributed by atoms with Gasteiger partial charge in [-0.25, -0.2) is 9.97 Å². The summed E-state index contributed by atoms with van der Waals surface area (Å²) in [5.74, 6) is 0.341. The fourth-order valence-corrected chi connectivity index (χ4v) is 0.769. The third-order valence-electron chi connectivity index (χ3n) is 1.58. The number of nitro groups is 1. The minimum atomic E-state index is -0.545. The first kappa shape index (κ1) is 10.3. The van der Waals surface area contributed by atoms with Gasteiger partial charge in [-0.2, -0.15) is 0 Å². The lowest BCUT2D eigenvalue weighted by molar-refractivity contribution is -0.385. The topological polar surface area (TPSA) is 107 Å². The molecule has 0 aliphatic heterocycles. The van der Waals surface area contributed by atoms with E-state index in [2.05, 4.69) is 15.3 Å². The molecule has 1 unspecified atom stereocenters. The van der Waals surface area contributed by atoms with Crippen molar-refractivity contribution >= 4 is 11.6 Å². The van der Waals surface area contributed by atoms with Gasteiger partial charge in [0, 0.05) is 12.6 Å². The Labute approximate surface area is 80.5 Å². The summed E-state index contributed by atoms with van der Waals surface area (Å²) in [6.07, 6.45) is 2.30. The third kappa shape index (κ3) is 2.63. The highest BCUT2D eigenvalue weighted by atomic mass is 16.6. The molecule has 1 heterocycles. The van der Waals surface area contributed by atoms with Crippen LogP contribution in [0.15, 0.2) is 12.4 Å². The number of hydrogen-bond donors (Lipinski definition) is 2. The van der Waals surface area contributed by atoms with Crippen LogP contribution in [0.4, 0.5) is 11.6 Å². The van der Waals surface area contributed by atoms with Crippen molar-refractivity contribution in [2.75, 3.05) is 11.9 Å². The number of anilines is 1. The second-order valence-corrected chi connectivity index (χ2v) is 2.80. The van der Waals surface area contributed by atoms with E-state index in [9.17, 15) is 10.1 Å². The fraction of sp³-hybridized carbons (Fsp3) is 0.429. The fourth-order valence-electron chi connectivity index (χ4n) is 0.769. The highest BCUT2D eigenvalue weighted by Crippen LogP contribution is 2.08. The molecule has 0 spiro atoms. The molecule has 0 aliphatic carbocycles. The number of rotatable bonds is 4. The van der Waals surface area contributed by atoms with E-state index in [1.807, 2.05) is 6.92 Å². The summed E-state index contributed by atoms with van der Waals surface area (Å²) in [6.45, 7) is 2.31. The van der Waals surface area contributed by atoms with Crippen LogP contribution in [-0.2, 0) is 0 Å². The maximum atomic E-state index is 10.3. The van der Waals surface area contributed by atoms with Gasteiger partial charge in [0.25, 0.3) is 0 Å². The van der Waals surface area contributed by atoms with Crippen molar-refractivity contribution in [3.63, 3.8) is 0 Å². The first-order valence-electron chi connectivity index (χ1n) is 4.06. The average Bonchev–Trinajstić information content (AvgIpc) is 2.18. The largest absolute Gasteiger partial charge is 0.350 e. The standard InChI is InChI=1S/C7H11N5O2/c1-5(2-8)11-7-9-3-6(4-10-7)12(13)14/h3-5H,2,8H2,1H3,(H,9,10,11). The maximum absolute atomic E-state index is 10.3. The summed E-state index contributed by atoms with van der Waals surface area (Å²) >= 11 is 0. The Kier molecular flexibility index (Phi) is 3.29. The molecule has 0 fully saturated rings. The summed E-state index contributed by atoms with van der Waals surface area (Å²) in [5.41, 5.74) is 5.24. The van der Waals surface area contributed by atoms with Gasteiger partial charge in [-0.1, -0.05) is 0 Å². The molecule has 0 saturated carbocycles. The minimum Gasteiger partial charge on any atom is -0.350 e. The van der Waals surface area contributed by atoms with Crippen LogP contribution in [0.1, 0.15) is 6.92 Å². The predicted molar refractivity (Wildman–Crippen MR) is 50.8 cm³/mol. The molecule has 0 saturated heterocycles. The molecule has 14 heavy (non-hydrogen) atoms. The Morgan fingerprint density at radius 1 is 1.64 bits per heavy atom. The second-order valence-electron chi connectivity index (χ2n) is 2.80. The van der Waals surface area contributed by atoms with Crippen LogP contribution >= 0.6 is 0 Å². The third-order valence-corrected chi connectivity index (χ3v) is 1.58. The second kappa shape index (κ2) is 4.47. The van der Waals surface area contributed by atoms with Gasteiger partial charge in [0.2, 0.25) is 5.95 Å². The van der Waals surface area contributed by atoms with Crippen LogP contribution in [-0.4, -0.2) is 27.5 Å². The average molecular weight is 197 g/mol. The molecule has 1 aromatic rings. The van der Waals surface area contributed by atoms with E-state index >= 15 is 0 Å². The molecule has 0 aromatic carbocycles. The van der Waals surface area contributed by atoms with Crippen molar-refractivity contribution in [3.05, 3.63) is 22.5 Å². The molecule has 7 heteroatoms. The van der Waals surface area contributed by atoms with E-state index in [-0.39, 0.29) is 11.7 Å². The van der Waals surface area contributed by atoms with Crippen LogP contribution in [0.3, 0.4) is 0 Å². The smallest absolute Gasteiger partial charge is 0.305 e. The quantitative estimate of drug-likeness (QED) is 0.525. The van der Waals surface area contributed by atoms with Crippen molar-refractivity contribution in [3.8, 4) is 0 Å². The molecule has 76 valence electrons. The summed E-state index contributed by atoms with van der Waals surface area (Å²) in [7, 11) is 0. The molecule has 3 N–H and O–H groups in total. The van der Waals surface area contributed by atoms with Crippen molar-refractivity contribution in [1.29, 1.82) is 0 Å². The maximum Gasteiger partial charge on any atom is 0.305 e. The molecule has 0 aliphatic rings. The Hall–Kier alpha value is -1.76. The number of nitrogens with two attached hydrogens (primary N) is 1. The number of hydrogen-bond acceptors (Lipinski definition) is 6. The molecule has 0 radical (unpaired) electrons. The zero-order chi connectivity index (χ0) is 10.6. The van der Waals surface area contributed by atoms with Crippen LogP contribution in [0, 0.1) is 10.1 Å². The van der Waals surface area contributed by atoms with E-state index in [1.54, 1.807) is 0 Å². The molecule has 1 atom stereocenters. The Bertz CT molecular complexity index is 312. The lowest BCUT2D eigenvalue weighted by Crippen LogP contribution is -2.26. The summed E-state index contributed by atoms with van der Waals surface area (Å²) in [6, 6.07) is 0.0384. The Morgan fingerprint density at radius 3 is 2.64 bits per heavy atom. The van der Waals surface area contributed by atoms with E-state index in [1.165, 1.54) is 0 Å². The normalized spacial score (nSPS) is 12.1. The lowest BCUT2D eigenvalue weighted by atomic mass is 10.3. The van der Waals surface area contributed by atoms with E-state index in [4.69, 9.17) is 5.73 Å². The molecule has 1 aromatic heterocycles. The monoisotopic (exact) mass is 197 g/mol. The molecule has 0 bridgehead atoms. The summed E-state index contributed by atoms with van der Waals surface area (Å²) < 4.78 is 0. The van der Waals surface area contributed by atoms with Crippen molar-refractivity contribution < 1.29 is 4.92 Å². The van der Waals surface area contributed by atoms with E-state index in [0.29, 0.717) is 12.5 Å². The molecular formula is C7H11N5O2. The van der Waals surface area contributed by atoms with Crippen molar-refractivity contribution in [1.82, 2.24) is 9.97 Å². The molecule has 7 nitrogen and oxygen atoms in total. The van der Waals surface area contributed by atoms with Gasteiger partial charge in [0.05, 0.1) is 4.92 Å². The highest BCUT2D eigenvalue weighted by molar-refractivity contribution is 5.31. The Morgan fingerprint density at radius 2 is 2.21 bits per heavy atom. The van der Waals surface area contributed by atoms with Gasteiger partial charge < -0.3 is 11.1 Å². The molecule has 0 amide bonds. The zero-order valence-corrected chi connectivity index (χ0v) is 7.67. The summed E-state index contributed by atoms with van der Waals surface area (Å²) in [5, 5.41) is 13.2. The van der Waals surface area contributed by atoms with Crippen LogP contribution < -0.4 is 11.1 Å². The highest BCUT2D eigenvalue weighted by Gasteiger charge is 2.07. The van der Waals surface area contributed by atoms with E-state index in [0.717, 1.165) is 12.4 Å². The lowest BCUT2D eigenvalue weighted by Gasteiger charge is -2.09. The number of nitrogens with one attached hydrogen (secondary N) is 1. The summed E-state index contributed by atoms with van der Waals surface area (Å²) in [4.78, 5) is 17.3. The van der Waals surface area contributed by atoms with Crippen molar-refractivity contribution in [2.24, 2.45) is 5.73 Å². The van der Waals surface area contributed by atoms with Gasteiger partial charge >= 0.3 is 5.69 Å². The van der Waals surface area contributed by atoms with Gasteiger partial charge in [-0.05, 0) is 6.92 Å². The van der Waals surface area contributed by atoms with E-state index < -0.39 is 4.92 Å². The predicted octanol–water partition coefficient (Wildman–Crippen LogP) is 0.144. The first-order valence-corrected chi connectivity index (χ1v) is 4.06. The van der Waals surface area contributed by atoms with Gasteiger partial charge in [-0.15, -0.1) is 0 Å². The van der Waals surface area contributed by atoms with Gasteiger partial charge in [0.1, 0.15) is 12.4 Å². The number of nitrogens with zero attached hydrogens (tertiary/aromatic N) is 3. The van der Waals surface area contributed by atoms with Crippen molar-refractivity contribution in [2.45, 2.75) is 13.0 Å². The Balaban J connectivity index is 2.68. The number of aromatic nitrogens is 2. The van der Waals surface area contributed by atoms with Gasteiger partial charge in [0.15, 0.2) is 0 Å². The zero-order valence-electron chi connectivity index (χ0n) is 7.67. The molecule has 1 rings (SSSR count). The van der Waals surface area contributed by atoms with Gasteiger partial charge in [-0.3, -0.25) is 10.1 Å².